The zero-order chi connectivity index (χ0) is 44.1. The van der Waals surface area contributed by atoms with E-state index in [-0.39, 0.29) is 51.2 Å². The summed E-state index contributed by atoms with van der Waals surface area (Å²) in [5, 5.41) is 20.4. The van der Waals surface area contributed by atoms with Crippen LogP contribution in [-0.4, -0.2) is 83.1 Å². The molecule has 4 aromatic rings. The summed E-state index contributed by atoms with van der Waals surface area (Å²) in [5.41, 5.74) is 10.1. The summed E-state index contributed by atoms with van der Waals surface area (Å²) in [5.74, 6) is -4.00. The van der Waals surface area contributed by atoms with E-state index in [4.69, 9.17) is 10.8 Å². The number of amides is 6. The highest BCUT2D eigenvalue weighted by molar-refractivity contribution is 5.97. The molecule has 4 aromatic carbocycles. The monoisotopic (exact) mass is 840 g/mol. The van der Waals surface area contributed by atoms with E-state index >= 15 is 0 Å². The van der Waals surface area contributed by atoms with Crippen LogP contribution in [0.15, 0.2) is 115 Å². The third-order valence-corrected chi connectivity index (χ3v) is 11.4. The Hall–Kier alpha value is -7.09. The summed E-state index contributed by atoms with van der Waals surface area (Å²) in [6, 6.07) is 29.8. The number of carbonyl (C=O) groups excluding carboxylic acids is 6. The lowest BCUT2D eigenvalue weighted by Crippen LogP contribution is -2.58. The number of rotatable bonds is 9. The molecule has 6 amide bonds. The zero-order valence-electron chi connectivity index (χ0n) is 34.4. The van der Waals surface area contributed by atoms with Crippen molar-refractivity contribution in [3.05, 3.63) is 143 Å². The minimum absolute atomic E-state index is 0.00534. The van der Waals surface area contributed by atoms with Gasteiger partial charge in [-0.05, 0) is 71.0 Å². The molecular weight excluding hydrogens is 789 g/mol. The average molecular weight is 841 g/mol. The van der Waals surface area contributed by atoms with Gasteiger partial charge in [-0.15, -0.1) is 0 Å². The van der Waals surface area contributed by atoms with Crippen molar-refractivity contribution in [1.82, 2.24) is 26.2 Å². The summed E-state index contributed by atoms with van der Waals surface area (Å²) in [6.45, 7) is 0.430. The van der Waals surface area contributed by atoms with Crippen LogP contribution in [0.1, 0.15) is 53.5 Å². The number of nitrogens with two attached hydrogens (primary N) is 1. The normalized spacial score (nSPS) is 21.1. The smallest absolute Gasteiger partial charge is 0.303 e. The van der Waals surface area contributed by atoms with Gasteiger partial charge in [-0.2, -0.15) is 0 Å². The Morgan fingerprint density at radius 3 is 2.10 bits per heavy atom. The van der Waals surface area contributed by atoms with Crippen molar-refractivity contribution in [3.8, 4) is 11.1 Å². The van der Waals surface area contributed by atoms with Gasteiger partial charge < -0.3 is 37.0 Å². The SMILES string of the molecule is NC(=O)[C@@H]1CCNC(=O)/C=C/C(=O)N2CCC[C@](Cc3ccccc3)(C2)C(=O)N[C@@H](Cc2ccc(-c3ccc(CCC(=O)O)cc3)cc2)C(=O)NCc2ccccc2CC(=O)N1. The molecule has 0 spiro atoms. The Morgan fingerprint density at radius 1 is 0.758 bits per heavy atom. The summed E-state index contributed by atoms with van der Waals surface area (Å²) in [6.07, 6.45) is 3.98. The second kappa shape index (κ2) is 20.9. The zero-order valence-corrected chi connectivity index (χ0v) is 34.4. The first-order valence-electron chi connectivity index (χ1n) is 20.8. The predicted octanol–water partition coefficient (Wildman–Crippen LogP) is 3.15. The molecule has 14 nitrogen and oxygen atoms in total. The number of aryl methyl sites for hydroxylation is 1. The van der Waals surface area contributed by atoms with Crippen LogP contribution in [0.4, 0.5) is 0 Å². The Bertz CT molecular complexity index is 2300. The Morgan fingerprint density at radius 2 is 1.42 bits per heavy atom. The summed E-state index contributed by atoms with van der Waals surface area (Å²) >= 11 is 0. The number of aliphatic carboxylic acids is 1. The second-order valence-electron chi connectivity index (χ2n) is 15.9. The number of nitrogens with one attached hydrogen (secondary N) is 4. The fourth-order valence-corrected chi connectivity index (χ4v) is 7.98. The lowest BCUT2D eigenvalue weighted by Gasteiger charge is -2.42. The van der Waals surface area contributed by atoms with Crippen molar-refractivity contribution in [2.24, 2.45) is 11.1 Å². The van der Waals surface area contributed by atoms with Crippen molar-refractivity contribution < 1.29 is 38.7 Å². The molecular formula is C48H52N6O8. The number of benzene rings is 4. The number of primary amides is 1. The molecule has 0 unspecified atom stereocenters. The number of hydrogen-bond acceptors (Lipinski definition) is 7. The minimum Gasteiger partial charge on any atom is -0.481 e. The molecule has 322 valence electrons. The Balaban J connectivity index is 1.31. The number of carboxylic acids is 1. The summed E-state index contributed by atoms with van der Waals surface area (Å²) in [7, 11) is 0. The van der Waals surface area contributed by atoms with Crippen LogP contribution in [0.5, 0.6) is 0 Å². The van der Waals surface area contributed by atoms with E-state index in [1.165, 1.54) is 0 Å². The first-order valence-corrected chi connectivity index (χ1v) is 20.8. The second-order valence-corrected chi connectivity index (χ2v) is 15.9. The fourth-order valence-electron chi connectivity index (χ4n) is 7.98. The van der Waals surface area contributed by atoms with Crippen LogP contribution in [0.25, 0.3) is 11.1 Å². The lowest BCUT2D eigenvalue weighted by atomic mass is 9.74. The molecule has 2 aliphatic heterocycles. The molecule has 7 N–H and O–H groups in total. The van der Waals surface area contributed by atoms with Gasteiger partial charge in [-0.25, -0.2) is 0 Å². The largest absolute Gasteiger partial charge is 0.481 e. The van der Waals surface area contributed by atoms with Gasteiger partial charge in [-0.1, -0.05) is 103 Å². The highest BCUT2D eigenvalue weighted by Gasteiger charge is 2.44. The van der Waals surface area contributed by atoms with Gasteiger partial charge in [0.15, 0.2) is 0 Å². The molecule has 2 bridgehead atoms. The van der Waals surface area contributed by atoms with Gasteiger partial charge in [0.1, 0.15) is 12.1 Å². The van der Waals surface area contributed by atoms with Crippen molar-refractivity contribution in [2.45, 2.75) is 70.0 Å². The molecule has 2 aliphatic rings. The van der Waals surface area contributed by atoms with E-state index in [0.717, 1.165) is 40.0 Å². The Labute approximate surface area is 360 Å². The topological polar surface area (TPSA) is 217 Å². The first-order chi connectivity index (χ1) is 29.9. The number of fused-ring (bicyclic) bond motifs is 3. The van der Waals surface area contributed by atoms with E-state index in [9.17, 15) is 33.6 Å². The van der Waals surface area contributed by atoms with Gasteiger partial charge in [-0.3, -0.25) is 33.6 Å². The summed E-state index contributed by atoms with van der Waals surface area (Å²) in [4.78, 5) is 93.5. The predicted molar refractivity (Wildman–Crippen MR) is 232 cm³/mol. The maximum Gasteiger partial charge on any atom is 0.303 e. The van der Waals surface area contributed by atoms with Gasteiger partial charge in [0.25, 0.3) is 0 Å². The van der Waals surface area contributed by atoms with E-state index in [2.05, 4.69) is 21.3 Å². The van der Waals surface area contributed by atoms with Crippen molar-refractivity contribution in [2.75, 3.05) is 19.6 Å². The quantitative estimate of drug-likeness (QED) is 0.147. The van der Waals surface area contributed by atoms with Crippen LogP contribution < -0.4 is 27.0 Å². The van der Waals surface area contributed by atoms with Crippen LogP contribution in [0.3, 0.4) is 0 Å². The highest BCUT2D eigenvalue weighted by atomic mass is 16.4. The molecule has 14 heteroatoms. The molecule has 0 saturated carbocycles. The Kier molecular flexibility index (Phi) is 15.0. The third-order valence-electron chi connectivity index (χ3n) is 11.4. The number of hydrogen-bond donors (Lipinski definition) is 6. The number of nitrogens with zero attached hydrogens (tertiary/aromatic N) is 1. The van der Waals surface area contributed by atoms with E-state index in [0.29, 0.717) is 43.4 Å². The van der Waals surface area contributed by atoms with Crippen LogP contribution in [0, 0.1) is 5.41 Å². The minimum atomic E-state index is -1.12. The number of carbonyl (C=O) groups is 7. The van der Waals surface area contributed by atoms with E-state index in [1.54, 1.807) is 29.2 Å². The molecule has 62 heavy (non-hydrogen) atoms. The molecule has 6 rings (SSSR count). The summed E-state index contributed by atoms with van der Waals surface area (Å²) < 4.78 is 0. The molecule has 3 atom stereocenters. The van der Waals surface area contributed by atoms with Crippen LogP contribution in [0.2, 0.25) is 0 Å². The standard InChI is InChI=1S/C48H52N6O8/c49-45(60)39-23-25-50-41(55)20-21-43(57)54-26-6-24-48(31-54,29-34-7-2-1-3-8-34)47(62)53-40(46(61)51-30-38-10-5-4-9-37(38)28-42(56)52-39)27-33-13-18-36(19-14-33)35-16-11-32(12-17-35)15-22-44(58)59/h1-5,7-14,16-21,39-40H,6,15,22-31H2,(H2,49,60)(H,50,55)(H,51,61)(H,52,56)(H,53,62)(H,58,59)/b21-20+/t39-,40-,48-/m0/s1. The molecule has 1 saturated heterocycles. The van der Waals surface area contributed by atoms with Gasteiger partial charge in [0.05, 0.1) is 11.8 Å². The van der Waals surface area contributed by atoms with Crippen molar-refractivity contribution >= 4 is 41.4 Å². The first kappa shape index (κ1) is 44.5. The van der Waals surface area contributed by atoms with Gasteiger partial charge >= 0.3 is 5.97 Å². The third kappa shape index (κ3) is 12.2. The highest BCUT2D eigenvalue weighted by Crippen LogP contribution is 2.35. The van der Waals surface area contributed by atoms with Crippen LogP contribution >= 0.6 is 0 Å². The average Bonchev–Trinajstić information content (AvgIpc) is 3.27. The van der Waals surface area contributed by atoms with Gasteiger partial charge in [0.2, 0.25) is 35.4 Å². The molecule has 1 fully saturated rings. The lowest BCUT2D eigenvalue weighted by molar-refractivity contribution is -0.141. The molecule has 0 aromatic heterocycles. The fraction of sp³-hybridized carbons (Fsp3) is 0.312. The maximum absolute atomic E-state index is 14.8. The number of piperidine rings is 1. The maximum atomic E-state index is 14.8. The molecule has 0 radical (unpaired) electrons. The van der Waals surface area contributed by atoms with E-state index in [1.807, 2.05) is 78.9 Å². The van der Waals surface area contributed by atoms with E-state index < -0.39 is 53.0 Å². The number of carboxylic acid groups (broad SMARTS) is 1. The molecule has 0 aliphatic carbocycles. The van der Waals surface area contributed by atoms with Crippen molar-refractivity contribution in [3.63, 3.8) is 0 Å². The van der Waals surface area contributed by atoms with Crippen LogP contribution in [-0.2, 0) is 65.8 Å². The van der Waals surface area contributed by atoms with Gasteiger partial charge in [0, 0.05) is 51.2 Å². The van der Waals surface area contributed by atoms with Crippen molar-refractivity contribution in [1.29, 1.82) is 0 Å². The molecule has 2 heterocycles.